The van der Waals surface area contributed by atoms with Crippen LogP contribution in [0.1, 0.15) is 19.8 Å². The van der Waals surface area contributed by atoms with Crippen LogP contribution in [0.2, 0.25) is 0 Å². The molecule has 0 bridgehead atoms. The molecule has 0 heterocycles. The summed E-state index contributed by atoms with van der Waals surface area (Å²) in [5.74, 6) is 2.40. The average molecular weight is 161 g/mol. The lowest BCUT2D eigenvalue weighted by atomic mass is 10.0. The molecule has 1 atom stereocenters. The Hall–Kier alpha value is -1.54. The molecule has 0 saturated heterocycles. The second-order valence-electron chi connectivity index (χ2n) is 2.63. The molecule has 0 radical (unpaired) electrons. The fourth-order valence-corrected chi connectivity index (χ4v) is 0.729. The van der Waals surface area contributed by atoms with E-state index in [1.165, 1.54) is 12.1 Å². The number of nitriles is 1. The van der Waals surface area contributed by atoms with Crippen LogP contribution in [0.25, 0.3) is 0 Å². The van der Waals surface area contributed by atoms with Gasteiger partial charge in [-0.1, -0.05) is 13.0 Å². The van der Waals surface area contributed by atoms with Crippen molar-refractivity contribution < 1.29 is 4.79 Å². The minimum Gasteiger partial charge on any atom is -0.278 e. The molecule has 0 aliphatic carbocycles. The van der Waals surface area contributed by atoms with Crippen molar-refractivity contribution in [1.29, 1.82) is 5.26 Å². The molecule has 0 aliphatic heterocycles. The lowest BCUT2D eigenvalue weighted by Gasteiger charge is -2.00. The standard InChI is InChI=1S/C10H11NO/c1-3-5-9(2)6-4-7-10(12)8-11/h1,4,7,9H,5-6H2,2H3/b7-4+. The molecular weight excluding hydrogens is 150 g/mol. The van der Waals surface area contributed by atoms with Crippen molar-refractivity contribution >= 4 is 5.78 Å². The Morgan fingerprint density at radius 1 is 1.75 bits per heavy atom. The maximum Gasteiger partial charge on any atom is 0.254 e. The predicted octanol–water partition coefficient (Wildman–Crippen LogP) is 1.68. The molecule has 0 saturated carbocycles. The van der Waals surface area contributed by atoms with Crippen LogP contribution in [0.3, 0.4) is 0 Å². The SMILES string of the molecule is C#CCC(C)C/C=C/C(=O)C#N. The molecule has 0 aromatic rings. The molecule has 0 aliphatic rings. The lowest BCUT2D eigenvalue weighted by molar-refractivity contribution is -0.109. The maximum absolute atomic E-state index is 10.5. The van der Waals surface area contributed by atoms with Crippen LogP contribution in [0, 0.1) is 29.6 Å². The molecule has 0 amide bonds. The van der Waals surface area contributed by atoms with Crippen molar-refractivity contribution in [2.45, 2.75) is 19.8 Å². The van der Waals surface area contributed by atoms with Gasteiger partial charge in [0.25, 0.3) is 5.78 Å². The third-order valence-corrected chi connectivity index (χ3v) is 1.38. The largest absolute Gasteiger partial charge is 0.278 e. The number of carbonyl (C=O) groups is 1. The zero-order valence-electron chi connectivity index (χ0n) is 7.08. The first kappa shape index (κ1) is 10.5. The van der Waals surface area contributed by atoms with Crippen molar-refractivity contribution in [3.63, 3.8) is 0 Å². The highest BCUT2D eigenvalue weighted by atomic mass is 16.1. The molecule has 0 N–H and O–H groups in total. The molecule has 1 unspecified atom stereocenters. The number of allylic oxidation sites excluding steroid dienone is 2. The smallest absolute Gasteiger partial charge is 0.254 e. The summed E-state index contributed by atoms with van der Waals surface area (Å²) < 4.78 is 0. The maximum atomic E-state index is 10.5. The first-order valence-electron chi connectivity index (χ1n) is 3.74. The molecule has 0 fully saturated rings. The van der Waals surface area contributed by atoms with E-state index in [0.29, 0.717) is 12.3 Å². The highest BCUT2D eigenvalue weighted by Crippen LogP contribution is 2.06. The Morgan fingerprint density at radius 3 is 2.92 bits per heavy atom. The summed E-state index contributed by atoms with van der Waals surface area (Å²) >= 11 is 0. The predicted molar refractivity (Wildman–Crippen MR) is 47.0 cm³/mol. The molecule has 12 heavy (non-hydrogen) atoms. The van der Waals surface area contributed by atoms with Gasteiger partial charge in [0.05, 0.1) is 0 Å². The molecule has 0 aromatic carbocycles. The molecule has 62 valence electrons. The fraction of sp³-hybridized carbons (Fsp3) is 0.400. The van der Waals surface area contributed by atoms with Gasteiger partial charge >= 0.3 is 0 Å². The molecule has 0 rings (SSSR count). The second kappa shape index (κ2) is 6.19. The van der Waals surface area contributed by atoms with E-state index in [-0.39, 0.29) is 0 Å². The van der Waals surface area contributed by atoms with Gasteiger partial charge < -0.3 is 0 Å². The molecule has 0 aromatic heterocycles. The van der Waals surface area contributed by atoms with Gasteiger partial charge in [-0.2, -0.15) is 5.26 Å². The lowest BCUT2D eigenvalue weighted by Crippen LogP contribution is -1.91. The first-order valence-corrected chi connectivity index (χ1v) is 3.74. The molecular formula is C10H11NO. The Labute approximate surface area is 72.9 Å². The first-order chi connectivity index (χ1) is 5.70. The van der Waals surface area contributed by atoms with Crippen LogP contribution in [0.5, 0.6) is 0 Å². The van der Waals surface area contributed by atoms with Crippen LogP contribution >= 0.6 is 0 Å². The number of hydrogen-bond donors (Lipinski definition) is 0. The van der Waals surface area contributed by atoms with Crippen molar-refractivity contribution in [2.75, 3.05) is 0 Å². The van der Waals surface area contributed by atoms with E-state index in [0.717, 1.165) is 6.42 Å². The summed E-state index contributed by atoms with van der Waals surface area (Å²) in [4.78, 5) is 10.5. The molecule has 0 spiro atoms. The van der Waals surface area contributed by atoms with Gasteiger partial charge in [-0.15, -0.1) is 12.3 Å². The normalized spacial score (nSPS) is 11.9. The highest BCUT2D eigenvalue weighted by molar-refractivity contribution is 6.02. The van der Waals surface area contributed by atoms with E-state index in [1.807, 2.05) is 6.92 Å². The van der Waals surface area contributed by atoms with Gasteiger partial charge in [0.1, 0.15) is 6.07 Å². The summed E-state index contributed by atoms with van der Waals surface area (Å²) in [7, 11) is 0. The number of ketones is 1. The number of hydrogen-bond acceptors (Lipinski definition) is 2. The third kappa shape index (κ3) is 5.26. The quantitative estimate of drug-likeness (QED) is 0.357. The minimum absolute atomic E-state index is 0.373. The highest BCUT2D eigenvalue weighted by Gasteiger charge is 1.96. The Morgan fingerprint density at radius 2 is 2.42 bits per heavy atom. The number of carbonyl (C=O) groups excluding carboxylic acids is 1. The third-order valence-electron chi connectivity index (χ3n) is 1.38. The van der Waals surface area contributed by atoms with E-state index < -0.39 is 5.78 Å². The van der Waals surface area contributed by atoms with E-state index in [2.05, 4.69) is 5.92 Å². The topological polar surface area (TPSA) is 40.9 Å². The van der Waals surface area contributed by atoms with Crippen LogP contribution in [-0.2, 0) is 4.79 Å². The van der Waals surface area contributed by atoms with E-state index in [1.54, 1.807) is 6.08 Å². The van der Waals surface area contributed by atoms with Crippen molar-refractivity contribution in [3.8, 4) is 18.4 Å². The van der Waals surface area contributed by atoms with E-state index >= 15 is 0 Å². The summed E-state index contributed by atoms with van der Waals surface area (Å²) in [6, 6.07) is 1.50. The van der Waals surface area contributed by atoms with Crippen molar-refractivity contribution in [1.82, 2.24) is 0 Å². The fourth-order valence-electron chi connectivity index (χ4n) is 0.729. The zero-order valence-corrected chi connectivity index (χ0v) is 7.08. The number of nitrogens with zero attached hydrogens (tertiary/aromatic N) is 1. The van der Waals surface area contributed by atoms with Crippen molar-refractivity contribution in [2.24, 2.45) is 5.92 Å². The summed E-state index contributed by atoms with van der Waals surface area (Å²) in [6.07, 6.45) is 9.51. The van der Waals surface area contributed by atoms with Gasteiger partial charge in [0.15, 0.2) is 0 Å². The van der Waals surface area contributed by atoms with Gasteiger partial charge in [0, 0.05) is 6.42 Å². The number of rotatable bonds is 4. The van der Waals surface area contributed by atoms with Gasteiger partial charge in [-0.25, -0.2) is 0 Å². The van der Waals surface area contributed by atoms with Gasteiger partial charge in [-0.05, 0) is 18.4 Å². The summed E-state index contributed by atoms with van der Waals surface area (Å²) in [5.41, 5.74) is 0. The van der Waals surface area contributed by atoms with E-state index in [4.69, 9.17) is 11.7 Å². The second-order valence-corrected chi connectivity index (χ2v) is 2.63. The van der Waals surface area contributed by atoms with Gasteiger partial charge in [0.2, 0.25) is 0 Å². The Balaban J connectivity index is 3.70. The Kier molecular flexibility index (Phi) is 5.39. The average Bonchev–Trinajstić information content (AvgIpc) is 2.04. The Bertz CT molecular complexity index is 252. The molecule has 2 heteroatoms. The van der Waals surface area contributed by atoms with Crippen LogP contribution < -0.4 is 0 Å². The summed E-state index contributed by atoms with van der Waals surface area (Å²) in [5, 5.41) is 8.12. The minimum atomic E-state index is -0.511. The van der Waals surface area contributed by atoms with Crippen molar-refractivity contribution in [3.05, 3.63) is 12.2 Å². The summed E-state index contributed by atoms with van der Waals surface area (Å²) in [6.45, 7) is 2.00. The van der Waals surface area contributed by atoms with Gasteiger partial charge in [-0.3, -0.25) is 4.79 Å². The van der Waals surface area contributed by atoms with E-state index in [9.17, 15) is 4.79 Å². The zero-order chi connectivity index (χ0) is 9.40. The number of terminal acetylenes is 1. The van der Waals surface area contributed by atoms with Crippen LogP contribution in [0.4, 0.5) is 0 Å². The molecule has 2 nitrogen and oxygen atoms in total. The van der Waals surface area contributed by atoms with Crippen LogP contribution in [0.15, 0.2) is 12.2 Å². The van der Waals surface area contributed by atoms with Crippen LogP contribution in [-0.4, -0.2) is 5.78 Å². The monoisotopic (exact) mass is 161 g/mol.